The summed E-state index contributed by atoms with van der Waals surface area (Å²) in [6, 6.07) is 15.0. The number of hydrogen-bond donors (Lipinski definition) is 2. The van der Waals surface area contributed by atoms with E-state index in [9.17, 15) is 9.59 Å². The second-order valence-electron chi connectivity index (χ2n) is 5.23. The van der Waals surface area contributed by atoms with Gasteiger partial charge in [0.1, 0.15) is 5.25 Å². The van der Waals surface area contributed by atoms with E-state index in [0.717, 1.165) is 22.9 Å². The lowest BCUT2D eigenvalue weighted by Gasteiger charge is -2.09. The standard InChI is InChI=1S/C17H14ClN3O2S/c18-12-5-1-10(2-6-12)11-3-7-13(8-4-11)20-15(22)9-14-16(23)21-17(19)24-14/h1-8,14H,9H2,(H,20,22)(H2,19,21,23). The minimum absolute atomic E-state index is 0.0482. The normalized spacial score (nSPS) is 16.8. The van der Waals surface area contributed by atoms with Crippen LogP contribution in [0.2, 0.25) is 5.02 Å². The van der Waals surface area contributed by atoms with Gasteiger partial charge in [0.15, 0.2) is 5.17 Å². The average Bonchev–Trinajstić information content (AvgIpc) is 2.86. The Balaban J connectivity index is 1.61. The summed E-state index contributed by atoms with van der Waals surface area (Å²) < 4.78 is 0. The fourth-order valence-corrected chi connectivity index (χ4v) is 3.25. The molecule has 24 heavy (non-hydrogen) atoms. The monoisotopic (exact) mass is 359 g/mol. The molecule has 122 valence electrons. The number of nitrogens with zero attached hydrogens (tertiary/aromatic N) is 1. The van der Waals surface area contributed by atoms with E-state index in [0.29, 0.717) is 10.7 Å². The van der Waals surface area contributed by atoms with Gasteiger partial charge in [-0.15, -0.1) is 0 Å². The molecule has 0 aromatic heterocycles. The Bertz CT molecular complexity index is 804. The number of carbonyl (C=O) groups excluding carboxylic acids is 2. The van der Waals surface area contributed by atoms with Gasteiger partial charge < -0.3 is 11.1 Å². The Morgan fingerprint density at radius 2 is 1.71 bits per heavy atom. The van der Waals surface area contributed by atoms with E-state index in [-0.39, 0.29) is 23.4 Å². The first-order chi connectivity index (χ1) is 11.5. The van der Waals surface area contributed by atoms with Crippen LogP contribution in [0.4, 0.5) is 5.69 Å². The molecule has 2 aromatic rings. The van der Waals surface area contributed by atoms with Crippen LogP contribution in [0.3, 0.4) is 0 Å². The van der Waals surface area contributed by atoms with Gasteiger partial charge in [-0.1, -0.05) is 47.6 Å². The minimum Gasteiger partial charge on any atom is -0.378 e. The number of rotatable bonds is 4. The number of nitrogens with two attached hydrogens (primary N) is 1. The van der Waals surface area contributed by atoms with Crippen molar-refractivity contribution in [2.75, 3.05) is 5.32 Å². The van der Waals surface area contributed by atoms with E-state index in [4.69, 9.17) is 17.3 Å². The third-order valence-corrected chi connectivity index (χ3v) is 4.71. The van der Waals surface area contributed by atoms with Crippen LogP contribution < -0.4 is 11.1 Å². The molecule has 0 radical (unpaired) electrons. The van der Waals surface area contributed by atoms with E-state index >= 15 is 0 Å². The Kier molecular flexibility index (Phi) is 4.87. The molecule has 2 aromatic carbocycles. The molecule has 1 heterocycles. The first-order valence-electron chi connectivity index (χ1n) is 7.22. The predicted octanol–water partition coefficient (Wildman–Crippen LogP) is 3.29. The van der Waals surface area contributed by atoms with Gasteiger partial charge in [-0.2, -0.15) is 4.99 Å². The van der Waals surface area contributed by atoms with Crippen molar-refractivity contribution in [3.63, 3.8) is 0 Å². The quantitative estimate of drug-likeness (QED) is 0.877. The van der Waals surface area contributed by atoms with Crippen LogP contribution in [0.5, 0.6) is 0 Å². The van der Waals surface area contributed by atoms with Crippen molar-refractivity contribution in [2.45, 2.75) is 11.7 Å². The molecular formula is C17H14ClN3O2S. The van der Waals surface area contributed by atoms with Crippen LogP contribution in [-0.4, -0.2) is 22.2 Å². The van der Waals surface area contributed by atoms with Crippen LogP contribution in [0, 0.1) is 0 Å². The summed E-state index contributed by atoms with van der Waals surface area (Å²) in [5, 5.41) is 3.15. The number of hydrogen-bond acceptors (Lipinski definition) is 4. The molecule has 0 saturated carbocycles. The number of amidine groups is 1. The second kappa shape index (κ2) is 7.07. The summed E-state index contributed by atoms with van der Waals surface area (Å²) in [6.45, 7) is 0. The fourth-order valence-electron chi connectivity index (χ4n) is 2.30. The van der Waals surface area contributed by atoms with Crippen molar-refractivity contribution in [1.82, 2.24) is 0 Å². The van der Waals surface area contributed by atoms with Gasteiger partial charge >= 0.3 is 0 Å². The van der Waals surface area contributed by atoms with E-state index in [1.165, 1.54) is 0 Å². The maximum absolute atomic E-state index is 12.0. The molecule has 0 saturated heterocycles. The lowest BCUT2D eigenvalue weighted by atomic mass is 10.1. The summed E-state index contributed by atoms with van der Waals surface area (Å²) >= 11 is 7.00. The summed E-state index contributed by atoms with van der Waals surface area (Å²) in [4.78, 5) is 27.2. The zero-order valence-electron chi connectivity index (χ0n) is 12.5. The number of benzene rings is 2. The predicted molar refractivity (Wildman–Crippen MR) is 98.1 cm³/mol. The van der Waals surface area contributed by atoms with Crippen LogP contribution in [0.1, 0.15) is 6.42 Å². The lowest BCUT2D eigenvalue weighted by Crippen LogP contribution is -2.21. The van der Waals surface area contributed by atoms with Gasteiger partial charge in [0.2, 0.25) is 5.91 Å². The number of anilines is 1. The molecule has 1 aliphatic rings. The van der Waals surface area contributed by atoms with Gasteiger partial charge in [-0.3, -0.25) is 9.59 Å². The maximum atomic E-state index is 12.0. The van der Waals surface area contributed by atoms with Crippen LogP contribution in [0.15, 0.2) is 53.5 Å². The molecule has 7 heteroatoms. The molecule has 5 nitrogen and oxygen atoms in total. The van der Waals surface area contributed by atoms with Crippen LogP contribution >= 0.6 is 23.4 Å². The third-order valence-electron chi connectivity index (χ3n) is 3.48. The highest BCUT2D eigenvalue weighted by atomic mass is 35.5. The summed E-state index contributed by atoms with van der Waals surface area (Å²) in [6.07, 6.45) is 0.0482. The highest BCUT2D eigenvalue weighted by Gasteiger charge is 2.29. The van der Waals surface area contributed by atoms with E-state index in [1.807, 2.05) is 48.5 Å². The Hall–Kier alpha value is -2.31. The zero-order chi connectivity index (χ0) is 17.1. The number of amides is 2. The molecule has 3 rings (SSSR count). The smallest absolute Gasteiger partial charge is 0.262 e. The van der Waals surface area contributed by atoms with Crippen molar-refractivity contribution >= 4 is 46.0 Å². The number of nitrogens with one attached hydrogen (secondary N) is 1. The summed E-state index contributed by atoms with van der Waals surface area (Å²) in [5.74, 6) is -0.601. The second-order valence-corrected chi connectivity index (χ2v) is 6.89. The van der Waals surface area contributed by atoms with Crippen molar-refractivity contribution in [2.24, 2.45) is 10.7 Å². The topological polar surface area (TPSA) is 84.5 Å². The minimum atomic E-state index is -0.529. The number of halogens is 1. The van der Waals surface area contributed by atoms with Crippen molar-refractivity contribution in [1.29, 1.82) is 0 Å². The highest BCUT2D eigenvalue weighted by Crippen LogP contribution is 2.25. The van der Waals surface area contributed by atoms with Crippen LogP contribution in [-0.2, 0) is 9.59 Å². The molecule has 3 N–H and O–H groups in total. The van der Waals surface area contributed by atoms with Crippen molar-refractivity contribution in [3.8, 4) is 11.1 Å². The highest BCUT2D eigenvalue weighted by molar-refractivity contribution is 8.15. The van der Waals surface area contributed by atoms with Gasteiger partial charge in [0, 0.05) is 17.1 Å². The lowest BCUT2D eigenvalue weighted by molar-refractivity contribution is -0.121. The van der Waals surface area contributed by atoms with Crippen molar-refractivity contribution < 1.29 is 9.59 Å². The number of carbonyl (C=O) groups is 2. The Morgan fingerprint density at radius 3 is 2.25 bits per heavy atom. The molecule has 2 amide bonds. The van der Waals surface area contributed by atoms with Gasteiger partial charge in [0.05, 0.1) is 0 Å². The third kappa shape index (κ3) is 3.96. The number of thioether (sulfide) groups is 1. The molecule has 1 aliphatic heterocycles. The molecule has 1 atom stereocenters. The first-order valence-corrected chi connectivity index (χ1v) is 8.47. The summed E-state index contributed by atoms with van der Waals surface area (Å²) in [5.41, 5.74) is 8.21. The maximum Gasteiger partial charge on any atom is 0.262 e. The van der Waals surface area contributed by atoms with Gasteiger partial charge in [-0.05, 0) is 35.4 Å². The van der Waals surface area contributed by atoms with Gasteiger partial charge in [0.25, 0.3) is 5.91 Å². The Morgan fingerprint density at radius 1 is 1.12 bits per heavy atom. The molecule has 0 spiro atoms. The fraction of sp³-hybridized carbons (Fsp3) is 0.118. The van der Waals surface area contributed by atoms with Gasteiger partial charge in [-0.25, -0.2) is 0 Å². The zero-order valence-corrected chi connectivity index (χ0v) is 14.1. The number of aliphatic imine (C=N–C) groups is 1. The van der Waals surface area contributed by atoms with E-state index < -0.39 is 5.25 Å². The SMILES string of the molecule is NC1=NC(=O)C(CC(=O)Nc2ccc(-c3ccc(Cl)cc3)cc2)S1. The molecule has 0 aliphatic carbocycles. The average molecular weight is 360 g/mol. The largest absolute Gasteiger partial charge is 0.378 e. The molecule has 0 fully saturated rings. The van der Waals surface area contributed by atoms with E-state index in [2.05, 4.69) is 10.3 Å². The first kappa shape index (κ1) is 16.5. The summed E-state index contributed by atoms with van der Waals surface area (Å²) in [7, 11) is 0. The van der Waals surface area contributed by atoms with E-state index in [1.54, 1.807) is 0 Å². The molecular weight excluding hydrogens is 346 g/mol. The Labute approximate surface area is 148 Å². The molecule has 1 unspecified atom stereocenters. The van der Waals surface area contributed by atoms with Crippen molar-refractivity contribution in [3.05, 3.63) is 53.6 Å². The molecule has 0 bridgehead atoms. The van der Waals surface area contributed by atoms with Crippen LogP contribution in [0.25, 0.3) is 11.1 Å².